The summed E-state index contributed by atoms with van der Waals surface area (Å²) < 4.78 is 9.21. The Kier molecular flexibility index (Phi) is 15.0. The van der Waals surface area contributed by atoms with Crippen LogP contribution in [0.5, 0.6) is 0 Å². The predicted molar refractivity (Wildman–Crippen MR) is 73.5 cm³/mol. The standard InChI is InChI=1S/C7H12O3.C7H12O2/c1-3-6(8)5-10-7(9)4-2;1-3-5-6-9-7(8)4-2/h4,6,8H,2-3,5H2,1H3;4H,2-3,5-6H2,1H3. The number of rotatable bonds is 8. The first-order valence-corrected chi connectivity index (χ1v) is 6.28. The van der Waals surface area contributed by atoms with Crippen molar-refractivity contribution in [3.8, 4) is 0 Å². The Hall–Kier alpha value is -1.62. The van der Waals surface area contributed by atoms with Crippen LogP contribution in [0.4, 0.5) is 0 Å². The second-order valence-electron chi connectivity index (χ2n) is 3.62. The van der Waals surface area contributed by atoms with Gasteiger partial charge in [-0.3, -0.25) is 0 Å². The van der Waals surface area contributed by atoms with Crippen molar-refractivity contribution in [1.29, 1.82) is 0 Å². The minimum Gasteiger partial charge on any atom is -0.463 e. The Morgan fingerprint density at radius 3 is 2.11 bits per heavy atom. The molecular formula is C14H24O5. The van der Waals surface area contributed by atoms with Gasteiger partial charge in [0, 0.05) is 12.2 Å². The van der Waals surface area contributed by atoms with Crippen LogP contribution in [0.2, 0.25) is 0 Å². The first kappa shape index (κ1) is 19.7. The third-order valence-electron chi connectivity index (χ3n) is 1.96. The van der Waals surface area contributed by atoms with Gasteiger partial charge in [-0.25, -0.2) is 9.59 Å². The van der Waals surface area contributed by atoms with E-state index in [-0.39, 0.29) is 12.6 Å². The normalized spacial score (nSPS) is 10.5. The zero-order valence-electron chi connectivity index (χ0n) is 11.8. The number of carbonyl (C=O) groups is 2. The lowest BCUT2D eigenvalue weighted by Crippen LogP contribution is -2.16. The van der Waals surface area contributed by atoms with Gasteiger partial charge in [0.1, 0.15) is 6.61 Å². The van der Waals surface area contributed by atoms with Crippen LogP contribution in [0.25, 0.3) is 0 Å². The van der Waals surface area contributed by atoms with E-state index in [4.69, 9.17) is 5.11 Å². The first-order valence-electron chi connectivity index (χ1n) is 6.28. The summed E-state index contributed by atoms with van der Waals surface area (Å²) in [6.07, 6.45) is 4.26. The van der Waals surface area contributed by atoms with Gasteiger partial charge in [-0.2, -0.15) is 0 Å². The Morgan fingerprint density at radius 1 is 1.16 bits per heavy atom. The van der Waals surface area contributed by atoms with Crippen molar-refractivity contribution in [2.75, 3.05) is 13.2 Å². The summed E-state index contributed by atoms with van der Waals surface area (Å²) in [6.45, 7) is 10.9. The number of esters is 2. The van der Waals surface area contributed by atoms with E-state index in [2.05, 4.69) is 22.6 Å². The lowest BCUT2D eigenvalue weighted by atomic mass is 10.3. The molecule has 0 amide bonds. The highest BCUT2D eigenvalue weighted by molar-refractivity contribution is 5.81. The van der Waals surface area contributed by atoms with Gasteiger partial charge in [0.25, 0.3) is 0 Å². The summed E-state index contributed by atoms with van der Waals surface area (Å²) in [6, 6.07) is 0. The van der Waals surface area contributed by atoms with Gasteiger partial charge in [0.05, 0.1) is 12.7 Å². The van der Waals surface area contributed by atoms with Gasteiger partial charge in [0.2, 0.25) is 0 Å². The number of carbonyl (C=O) groups excluding carboxylic acids is 2. The summed E-state index contributed by atoms with van der Waals surface area (Å²) >= 11 is 0. The second kappa shape index (κ2) is 14.4. The Morgan fingerprint density at radius 2 is 1.68 bits per heavy atom. The molecule has 19 heavy (non-hydrogen) atoms. The zero-order valence-corrected chi connectivity index (χ0v) is 11.8. The van der Waals surface area contributed by atoms with Gasteiger partial charge in [-0.05, 0) is 12.8 Å². The molecule has 0 aliphatic carbocycles. The number of aliphatic hydroxyl groups is 1. The van der Waals surface area contributed by atoms with Crippen molar-refractivity contribution in [1.82, 2.24) is 0 Å². The number of ether oxygens (including phenoxy) is 2. The molecule has 0 aliphatic rings. The predicted octanol–water partition coefficient (Wildman–Crippen LogP) is 2.00. The maximum absolute atomic E-state index is 10.4. The molecule has 0 rings (SSSR count). The van der Waals surface area contributed by atoms with Crippen LogP contribution in [0.15, 0.2) is 25.3 Å². The molecule has 0 bridgehead atoms. The van der Waals surface area contributed by atoms with Crippen LogP contribution in [-0.2, 0) is 19.1 Å². The molecule has 0 aliphatic heterocycles. The maximum atomic E-state index is 10.4. The van der Waals surface area contributed by atoms with Crippen molar-refractivity contribution in [3.05, 3.63) is 25.3 Å². The van der Waals surface area contributed by atoms with E-state index in [0.29, 0.717) is 13.0 Å². The fraction of sp³-hybridized carbons (Fsp3) is 0.571. The highest BCUT2D eigenvalue weighted by Crippen LogP contribution is 1.91. The van der Waals surface area contributed by atoms with Crippen LogP contribution in [0.1, 0.15) is 33.1 Å². The number of aliphatic hydroxyl groups excluding tert-OH is 1. The van der Waals surface area contributed by atoms with Crippen LogP contribution in [0, 0.1) is 0 Å². The number of unbranched alkanes of at least 4 members (excludes halogenated alkanes) is 1. The molecular weight excluding hydrogens is 248 g/mol. The van der Waals surface area contributed by atoms with Crippen molar-refractivity contribution in [3.63, 3.8) is 0 Å². The molecule has 1 unspecified atom stereocenters. The maximum Gasteiger partial charge on any atom is 0.330 e. The molecule has 0 fully saturated rings. The van der Waals surface area contributed by atoms with Gasteiger partial charge in [0.15, 0.2) is 0 Å². The molecule has 5 nitrogen and oxygen atoms in total. The van der Waals surface area contributed by atoms with Gasteiger partial charge in [-0.1, -0.05) is 33.4 Å². The Bertz CT molecular complexity index is 273. The van der Waals surface area contributed by atoms with Crippen molar-refractivity contribution < 1.29 is 24.2 Å². The highest BCUT2D eigenvalue weighted by Gasteiger charge is 2.02. The van der Waals surface area contributed by atoms with Crippen molar-refractivity contribution in [2.45, 2.75) is 39.2 Å². The molecule has 1 atom stereocenters. The first-order chi connectivity index (χ1) is 9.01. The van der Waals surface area contributed by atoms with Gasteiger partial charge in [-0.15, -0.1) is 0 Å². The molecule has 0 radical (unpaired) electrons. The molecule has 0 aromatic heterocycles. The van der Waals surface area contributed by atoms with Gasteiger partial charge >= 0.3 is 11.9 Å². The molecule has 0 saturated carbocycles. The molecule has 5 heteroatoms. The smallest absolute Gasteiger partial charge is 0.330 e. The molecule has 0 heterocycles. The fourth-order valence-electron chi connectivity index (χ4n) is 0.731. The van der Waals surface area contributed by atoms with E-state index >= 15 is 0 Å². The highest BCUT2D eigenvalue weighted by atomic mass is 16.5. The van der Waals surface area contributed by atoms with E-state index in [1.165, 1.54) is 6.08 Å². The number of hydrogen-bond acceptors (Lipinski definition) is 5. The van der Waals surface area contributed by atoms with E-state index in [9.17, 15) is 9.59 Å². The summed E-state index contributed by atoms with van der Waals surface area (Å²) in [5, 5.41) is 8.89. The Labute approximate surface area is 114 Å². The summed E-state index contributed by atoms with van der Waals surface area (Å²) in [4.78, 5) is 20.7. The fourth-order valence-corrected chi connectivity index (χ4v) is 0.731. The average molecular weight is 272 g/mol. The summed E-state index contributed by atoms with van der Waals surface area (Å²) in [5.41, 5.74) is 0. The molecule has 110 valence electrons. The molecule has 1 N–H and O–H groups in total. The quantitative estimate of drug-likeness (QED) is 0.415. The third kappa shape index (κ3) is 16.4. The van der Waals surface area contributed by atoms with Crippen LogP contribution < -0.4 is 0 Å². The van der Waals surface area contributed by atoms with Crippen LogP contribution >= 0.6 is 0 Å². The largest absolute Gasteiger partial charge is 0.463 e. The van der Waals surface area contributed by atoms with Gasteiger partial charge < -0.3 is 14.6 Å². The molecule has 0 spiro atoms. The molecule has 0 aromatic rings. The van der Waals surface area contributed by atoms with Crippen molar-refractivity contribution >= 4 is 11.9 Å². The summed E-state index contributed by atoms with van der Waals surface area (Å²) in [5.74, 6) is -0.823. The topological polar surface area (TPSA) is 72.8 Å². The molecule has 0 aromatic carbocycles. The third-order valence-corrected chi connectivity index (χ3v) is 1.96. The minimum absolute atomic E-state index is 0.0569. The lowest BCUT2D eigenvalue weighted by molar-refractivity contribution is -0.140. The number of hydrogen-bond donors (Lipinski definition) is 1. The molecule has 0 saturated heterocycles. The average Bonchev–Trinajstić information content (AvgIpc) is 2.44. The van der Waals surface area contributed by atoms with Crippen LogP contribution in [-0.4, -0.2) is 36.4 Å². The van der Waals surface area contributed by atoms with E-state index in [0.717, 1.165) is 18.9 Å². The lowest BCUT2D eigenvalue weighted by Gasteiger charge is -2.05. The van der Waals surface area contributed by atoms with E-state index in [1.54, 1.807) is 0 Å². The summed E-state index contributed by atoms with van der Waals surface area (Å²) in [7, 11) is 0. The zero-order chi connectivity index (χ0) is 15.1. The van der Waals surface area contributed by atoms with E-state index in [1.807, 2.05) is 13.8 Å². The van der Waals surface area contributed by atoms with Crippen LogP contribution in [0.3, 0.4) is 0 Å². The van der Waals surface area contributed by atoms with Crippen molar-refractivity contribution in [2.24, 2.45) is 0 Å². The SMILES string of the molecule is C=CC(=O)OCC(O)CC.C=CC(=O)OCCCC. The van der Waals surface area contributed by atoms with E-state index < -0.39 is 12.1 Å². The minimum atomic E-state index is -0.552. The monoisotopic (exact) mass is 272 g/mol. The second-order valence-corrected chi connectivity index (χ2v) is 3.62. The Balaban J connectivity index is 0.